The third-order valence-electron chi connectivity index (χ3n) is 1.83. The molecule has 0 aromatic carbocycles. The van der Waals surface area contributed by atoms with Gasteiger partial charge in [-0.25, -0.2) is 12.8 Å². The highest BCUT2D eigenvalue weighted by Crippen LogP contribution is 2.13. The van der Waals surface area contributed by atoms with Gasteiger partial charge in [0.1, 0.15) is 0 Å². The molecule has 0 saturated carbocycles. The maximum Gasteiger partial charge on any atom is 0.232 e. The molecule has 1 aromatic heterocycles. The Balaban J connectivity index is 2.63. The van der Waals surface area contributed by atoms with E-state index in [0.29, 0.717) is 18.7 Å². The number of sulfonamides is 1. The minimum Gasteiger partial charge on any atom is -0.280 e. The van der Waals surface area contributed by atoms with Crippen LogP contribution < -0.4 is 4.72 Å². The van der Waals surface area contributed by atoms with Crippen LogP contribution in [-0.2, 0) is 10.0 Å². The quantitative estimate of drug-likeness (QED) is 0.633. The van der Waals surface area contributed by atoms with Crippen LogP contribution >= 0.6 is 11.6 Å². The van der Waals surface area contributed by atoms with Crippen molar-refractivity contribution in [2.45, 2.75) is 12.8 Å². The predicted molar refractivity (Wildman–Crippen MR) is 61.6 cm³/mol. The molecule has 0 aliphatic rings. The van der Waals surface area contributed by atoms with Crippen molar-refractivity contribution in [3.05, 3.63) is 24.3 Å². The average molecular weight is 267 g/mol. The van der Waals surface area contributed by atoms with Crippen molar-refractivity contribution in [1.29, 1.82) is 0 Å². The lowest BCUT2D eigenvalue weighted by molar-refractivity contribution is 0.595. The minimum absolute atomic E-state index is 0.0680. The summed E-state index contributed by atoms with van der Waals surface area (Å²) in [5.41, 5.74) is -0.0825. The topological polar surface area (TPSA) is 59.1 Å². The molecule has 16 heavy (non-hydrogen) atoms. The summed E-state index contributed by atoms with van der Waals surface area (Å²) in [6.07, 6.45) is 3.34. The molecule has 0 fully saturated rings. The number of anilines is 1. The summed E-state index contributed by atoms with van der Waals surface area (Å²) in [6, 6.07) is 1.27. The third kappa shape index (κ3) is 4.32. The zero-order valence-electron chi connectivity index (χ0n) is 8.49. The van der Waals surface area contributed by atoms with Gasteiger partial charge in [-0.1, -0.05) is 0 Å². The Kier molecular flexibility index (Phi) is 4.95. The van der Waals surface area contributed by atoms with Gasteiger partial charge in [-0.05, 0) is 18.9 Å². The molecule has 1 aromatic rings. The minimum atomic E-state index is -3.51. The average Bonchev–Trinajstić information content (AvgIpc) is 2.21. The van der Waals surface area contributed by atoms with E-state index in [1.165, 1.54) is 12.3 Å². The monoisotopic (exact) mass is 266 g/mol. The van der Waals surface area contributed by atoms with E-state index in [2.05, 4.69) is 9.71 Å². The first-order valence-electron chi connectivity index (χ1n) is 4.71. The highest BCUT2D eigenvalue weighted by molar-refractivity contribution is 7.92. The van der Waals surface area contributed by atoms with E-state index in [9.17, 15) is 12.8 Å². The van der Waals surface area contributed by atoms with E-state index in [1.807, 2.05) is 0 Å². The fourth-order valence-corrected chi connectivity index (χ4v) is 2.44. The summed E-state index contributed by atoms with van der Waals surface area (Å²) in [7, 11) is -3.51. The van der Waals surface area contributed by atoms with Crippen molar-refractivity contribution in [1.82, 2.24) is 4.98 Å². The van der Waals surface area contributed by atoms with Crippen LogP contribution in [0.2, 0.25) is 0 Å². The molecule has 0 spiro atoms. The van der Waals surface area contributed by atoms with Crippen molar-refractivity contribution in [2.24, 2.45) is 0 Å². The summed E-state index contributed by atoms with van der Waals surface area (Å²) >= 11 is 5.43. The SMILES string of the molecule is O=S(=O)(CCCCCl)Nc1ccncc1F. The molecule has 0 aliphatic heterocycles. The zero-order valence-corrected chi connectivity index (χ0v) is 10.1. The lowest BCUT2D eigenvalue weighted by Gasteiger charge is -2.07. The fourth-order valence-electron chi connectivity index (χ4n) is 1.06. The number of alkyl halides is 1. The number of hydrogen-bond donors (Lipinski definition) is 1. The van der Waals surface area contributed by atoms with Crippen LogP contribution in [0, 0.1) is 5.82 Å². The first-order chi connectivity index (χ1) is 7.55. The van der Waals surface area contributed by atoms with Crippen LogP contribution in [0.1, 0.15) is 12.8 Å². The second kappa shape index (κ2) is 6.00. The summed E-state index contributed by atoms with van der Waals surface area (Å²) in [6.45, 7) is 0. The summed E-state index contributed by atoms with van der Waals surface area (Å²) in [5.74, 6) is -0.343. The number of rotatable bonds is 6. The van der Waals surface area contributed by atoms with Gasteiger partial charge in [0.15, 0.2) is 5.82 Å². The van der Waals surface area contributed by atoms with Crippen molar-refractivity contribution in [3.63, 3.8) is 0 Å². The van der Waals surface area contributed by atoms with Gasteiger partial charge in [-0.3, -0.25) is 9.71 Å². The van der Waals surface area contributed by atoms with Crippen LogP contribution in [0.25, 0.3) is 0 Å². The van der Waals surface area contributed by atoms with Crippen molar-refractivity contribution in [2.75, 3.05) is 16.4 Å². The van der Waals surface area contributed by atoms with E-state index in [0.717, 1.165) is 6.20 Å². The summed E-state index contributed by atoms with van der Waals surface area (Å²) < 4.78 is 38.2. The lowest BCUT2D eigenvalue weighted by atomic mass is 10.4. The van der Waals surface area contributed by atoms with Crippen LogP contribution in [0.3, 0.4) is 0 Å². The Morgan fingerprint density at radius 2 is 2.19 bits per heavy atom. The van der Waals surface area contributed by atoms with Crippen molar-refractivity contribution < 1.29 is 12.8 Å². The summed E-state index contributed by atoms with van der Waals surface area (Å²) in [4.78, 5) is 3.52. The normalized spacial score (nSPS) is 11.4. The number of pyridine rings is 1. The number of halogens is 2. The molecule has 0 aliphatic carbocycles. The van der Waals surface area contributed by atoms with E-state index < -0.39 is 15.8 Å². The molecule has 0 amide bonds. The number of nitrogens with zero attached hydrogens (tertiary/aromatic N) is 1. The zero-order chi connectivity index (χ0) is 12.0. The first kappa shape index (κ1) is 13.2. The molecule has 0 atom stereocenters. The van der Waals surface area contributed by atoms with Crippen molar-refractivity contribution >= 4 is 27.3 Å². The van der Waals surface area contributed by atoms with Gasteiger partial charge in [0, 0.05) is 12.1 Å². The second-order valence-electron chi connectivity index (χ2n) is 3.17. The lowest BCUT2D eigenvalue weighted by Crippen LogP contribution is -2.17. The molecule has 0 bridgehead atoms. The molecule has 4 nitrogen and oxygen atoms in total. The molecule has 0 unspecified atom stereocenters. The molecule has 90 valence electrons. The standard InChI is InChI=1S/C9H12ClFN2O2S/c10-4-1-2-6-16(14,15)13-9-3-5-12-7-8(9)11/h3,5,7H,1-2,4,6H2,(H,12,13). The van der Waals surface area contributed by atoms with E-state index in [-0.39, 0.29) is 11.4 Å². The van der Waals surface area contributed by atoms with E-state index in [4.69, 9.17) is 11.6 Å². The number of hydrogen-bond acceptors (Lipinski definition) is 3. The predicted octanol–water partition coefficient (Wildman–Crippen LogP) is 1.98. The van der Waals surface area contributed by atoms with Gasteiger partial charge >= 0.3 is 0 Å². The highest BCUT2D eigenvalue weighted by atomic mass is 35.5. The van der Waals surface area contributed by atoms with Crippen LogP contribution in [-0.4, -0.2) is 25.0 Å². The maximum absolute atomic E-state index is 13.1. The Labute approximate surface area is 98.9 Å². The Bertz CT molecular complexity index is 439. The summed E-state index contributed by atoms with van der Waals surface area (Å²) in [5, 5.41) is 0. The van der Waals surface area contributed by atoms with Crippen LogP contribution in [0.5, 0.6) is 0 Å². The fraction of sp³-hybridized carbons (Fsp3) is 0.444. The Morgan fingerprint density at radius 1 is 1.44 bits per heavy atom. The number of nitrogens with one attached hydrogen (secondary N) is 1. The number of unbranched alkanes of at least 4 members (excludes halogenated alkanes) is 1. The van der Waals surface area contributed by atoms with Gasteiger partial charge < -0.3 is 0 Å². The molecule has 0 saturated heterocycles. The highest BCUT2D eigenvalue weighted by Gasteiger charge is 2.12. The van der Waals surface area contributed by atoms with Gasteiger partial charge in [-0.15, -0.1) is 11.6 Å². The molecular formula is C9H12ClFN2O2S. The molecular weight excluding hydrogens is 255 g/mol. The van der Waals surface area contributed by atoms with Crippen LogP contribution in [0.15, 0.2) is 18.5 Å². The molecule has 7 heteroatoms. The molecule has 1 heterocycles. The first-order valence-corrected chi connectivity index (χ1v) is 6.90. The second-order valence-corrected chi connectivity index (χ2v) is 5.39. The van der Waals surface area contributed by atoms with Gasteiger partial charge in [0.05, 0.1) is 17.6 Å². The Morgan fingerprint density at radius 3 is 2.81 bits per heavy atom. The molecule has 1 N–H and O–H groups in total. The van der Waals surface area contributed by atoms with Crippen molar-refractivity contribution in [3.8, 4) is 0 Å². The largest absolute Gasteiger partial charge is 0.280 e. The van der Waals surface area contributed by atoms with Gasteiger partial charge in [-0.2, -0.15) is 0 Å². The van der Waals surface area contributed by atoms with Gasteiger partial charge in [0.25, 0.3) is 0 Å². The molecule has 0 radical (unpaired) electrons. The smallest absolute Gasteiger partial charge is 0.232 e. The van der Waals surface area contributed by atoms with E-state index >= 15 is 0 Å². The third-order valence-corrected chi connectivity index (χ3v) is 3.46. The number of aromatic nitrogens is 1. The van der Waals surface area contributed by atoms with E-state index in [1.54, 1.807) is 0 Å². The maximum atomic E-state index is 13.1. The Hall–Kier alpha value is -0.880. The molecule has 1 rings (SSSR count). The van der Waals surface area contributed by atoms with Crippen LogP contribution in [0.4, 0.5) is 10.1 Å². The van der Waals surface area contributed by atoms with Gasteiger partial charge in [0.2, 0.25) is 10.0 Å².